The molecule has 0 spiro atoms. The van der Waals surface area contributed by atoms with E-state index in [1.165, 1.54) is 99.6 Å². The largest absolute Gasteiger partial charge is 0.310 e. The lowest BCUT2D eigenvalue weighted by Crippen LogP contribution is -2.13. The molecule has 0 aliphatic rings. The fourth-order valence-corrected chi connectivity index (χ4v) is 9.07. The number of aryl methyl sites for hydroxylation is 4. The first-order chi connectivity index (χ1) is 28.4. The Morgan fingerprint density at radius 3 is 0.966 bits per heavy atom. The van der Waals surface area contributed by atoms with E-state index in [0.29, 0.717) is 0 Å². The second kappa shape index (κ2) is 14.4. The second-order valence-corrected chi connectivity index (χ2v) is 15.6. The molecule has 0 saturated carbocycles. The van der Waals surface area contributed by atoms with Gasteiger partial charge < -0.3 is 9.80 Å². The molecule has 0 unspecified atom stereocenters. The molecular formula is C56H44N2. The third kappa shape index (κ3) is 5.97. The highest BCUT2D eigenvalue weighted by molar-refractivity contribution is 6.29. The highest BCUT2D eigenvalue weighted by Gasteiger charge is 2.25. The lowest BCUT2D eigenvalue weighted by Gasteiger charge is -2.31. The Morgan fingerprint density at radius 2 is 0.603 bits per heavy atom. The first kappa shape index (κ1) is 35.3. The van der Waals surface area contributed by atoms with Crippen LogP contribution in [0.3, 0.4) is 0 Å². The van der Waals surface area contributed by atoms with Crippen molar-refractivity contribution in [2.24, 2.45) is 0 Å². The van der Waals surface area contributed by atoms with Crippen LogP contribution in [0.1, 0.15) is 22.3 Å². The van der Waals surface area contributed by atoms with E-state index in [2.05, 4.69) is 232 Å². The van der Waals surface area contributed by atoms with Crippen LogP contribution in [0.2, 0.25) is 0 Å². The minimum absolute atomic E-state index is 1.13. The lowest BCUT2D eigenvalue weighted by molar-refractivity contribution is 1.25. The standard InChI is InChI=1S/C56H44N2/c1-37-35-53(57(45-21-13-7-14-22-45)51-31-25-43(33-39(51)3)41-17-9-5-10-18-41)49-30-28-48-38(2)36-54(50-29-27-47(37)55(49)56(48)50)58(46-23-15-8-16-24-46)52-32-26-44(34-40(52)4)42-19-11-6-12-20-42/h5-36H,1-4H3. The normalized spacial score (nSPS) is 11.4. The SMILES string of the molecule is Cc1cc(-c2ccccc2)ccc1N(c1ccccc1)c1cc(C)c2ccc3c(N(c4ccccc4)c4ccc(-c5ccccc5)cc4C)cc(C)c4ccc1c2c43. The summed E-state index contributed by atoms with van der Waals surface area (Å²) in [6, 6.07) is 70.9. The highest BCUT2D eigenvalue weighted by Crippen LogP contribution is 2.50. The number of benzene rings is 10. The van der Waals surface area contributed by atoms with Gasteiger partial charge in [-0.25, -0.2) is 0 Å². The molecule has 0 bridgehead atoms. The average Bonchev–Trinajstić information content (AvgIpc) is 3.27. The number of anilines is 6. The summed E-state index contributed by atoms with van der Waals surface area (Å²) in [4.78, 5) is 4.93. The molecule has 0 heterocycles. The smallest absolute Gasteiger partial charge is 0.0543 e. The van der Waals surface area contributed by atoms with Crippen LogP contribution >= 0.6 is 0 Å². The van der Waals surface area contributed by atoms with Gasteiger partial charge in [0.2, 0.25) is 0 Å². The summed E-state index contributed by atoms with van der Waals surface area (Å²) in [5.41, 5.74) is 16.8. The Hall–Kier alpha value is -7.16. The number of rotatable bonds is 8. The molecule has 2 heteroatoms. The predicted molar refractivity (Wildman–Crippen MR) is 249 cm³/mol. The molecule has 10 aromatic rings. The highest BCUT2D eigenvalue weighted by atomic mass is 15.2. The van der Waals surface area contributed by atoms with E-state index in [4.69, 9.17) is 0 Å². The molecule has 0 radical (unpaired) electrons. The van der Waals surface area contributed by atoms with E-state index in [0.717, 1.165) is 11.4 Å². The summed E-state index contributed by atoms with van der Waals surface area (Å²) >= 11 is 0. The molecule has 10 aromatic carbocycles. The second-order valence-electron chi connectivity index (χ2n) is 15.6. The zero-order valence-electron chi connectivity index (χ0n) is 33.4. The maximum Gasteiger partial charge on any atom is 0.0543 e. The Kier molecular flexibility index (Phi) is 8.76. The van der Waals surface area contributed by atoms with Gasteiger partial charge >= 0.3 is 0 Å². The van der Waals surface area contributed by atoms with Gasteiger partial charge in [-0.15, -0.1) is 0 Å². The average molecular weight is 745 g/mol. The van der Waals surface area contributed by atoms with Gasteiger partial charge in [0.25, 0.3) is 0 Å². The molecule has 0 atom stereocenters. The van der Waals surface area contributed by atoms with Crippen LogP contribution in [0, 0.1) is 27.7 Å². The molecule has 0 aliphatic carbocycles. The van der Waals surface area contributed by atoms with Crippen molar-refractivity contribution in [3.63, 3.8) is 0 Å². The third-order valence-corrected chi connectivity index (χ3v) is 11.9. The van der Waals surface area contributed by atoms with Crippen molar-refractivity contribution in [2.75, 3.05) is 9.80 Å². The summed E-state index contributed by atoms with van der Waals surface area (Å²) in [5.74, 6) is 0. The summed E-state index contributed by atoms with van der Waals surface area (Å²) in [5, 5.41) is 7.65. The maximum atomic E-state index is 2.46. The van der Waals surface area contributed by atoms with E-state index >= 15 is 0 Å². The number of hydrogen-bond donors (Lipinski definition) is 0. The van der Waals surface area contributed by atoms with Crippen molar-refractivity contribution in [3.05, 3.63) is 216 Å². The molecule has 0 amide bonds. The zero-order chi connectivity index (χ0) is 39.3. The maximum absolute atomic E-state index is 2.46. The fourth-order valence-electron chi connectivity index (χ4n) is 9.07. The quantitative estimate of drug-likeness (QED) is 0.143. The van der Waals surface area contributed by atoms with E-state index in [-0.39, 0.29) is 0 Å². The number of nitrogens with zero attached hydrogens (tertiary/aromatic N) is 2. The van der Waals surface area contributed by atoms with Gasteiger partial charge in [0.05, 0.1) is 11.4 Å². The van der Waals surface area contributed by atoms with Crippen molar-refractivity contribution in [2.45, 2.75) is 27.7 Å². The van der Waals surface area contributed by atoms with E-state index in [1.54, 1.807) is 0 Å². The van der Waals surface area contributed by atoms with Gasteiger partial charge in [0, 0.05) is 33.5 Å². The van der Waals surface area contributed by atoms with Gasteiger partial charge in [-0.3, -0.25) is 0 Å². The number of hydrogen-bond acceptors (Lipinski definition) is 2. The van der Waals surface area contributed by atoms with E-state index in [9.17, 15) is 0 Å². The van der Waals surface area contributed by atoms with Crippen LogP contribution in [0.25, 0.3) is 54.6 Å². The van der Waals surface area contributed by atoms with Crippen molar-refractivity contribution in [1.29, 1.82) is 0 Å². The summed E-state index contributed by atoms with van der Waals surface area (Å²) in [6.45, 7) is 9.02. The monoisotopic (exact) mass is 744 g/mol. The minimum atomic E-state index is 1.13. The molecule has 0 saturated heterocycles. The summed E-state index contributed by atoms with van der Waals surface area (Å²) in [7, 11) is 0. The molecule has 0 aliphatic heterocycles. The fraction of sp³-hybridized carbons (Fsp3) is 0.0714. The van der Waals surface area contributed by atoms with E-state index < -0.39 is 0 Å². The summed E-state index contributed by atoms with van der Waals surface area (Å²) < 4.78 is 0. The zero-order valence-corrected chi connectivity index (χ0v) is 33.4. The van der Waals surface area contributed by atoms with Crippen LogP contribution in [0.15, 0.2) is 194 Å². The van der Waals surface area contributed by atoms with Crippen molar-refractivity contribution >= 4 is 66.4 Å². The van der Waals surface area contributed by atoms with Crippen LogP contribution in [-0.4, -0.2) is 0 Å². The third-order valence-electron chi connectivity index (χ3n) is 11.9. The molecule has 0 N–H and O–H groups in total. The first-order valence-corrected chi connectivity index (χ1v) is 20.2. The van der Waals surface area contributed by atoms with Crippen LogP contribution < -0.4 is 9.80 Å². The minimum Gasteiger partial charge on any atom is -0.310 e. The van der Waals surface area contributed by atoms with Crippen molar-refractivity contribution < 1.29 is 0 Å². The van der Waals surface area contributed by atoms with Crippen LogP contribution in [-0.2, 0) is 0 Å². The molecular weight excluding hydrogens is 701 g/mol. The molecule has 278 valence electrons. The van der Waals surface area contributed by atoms with Crippen LogP contribution in [0.4, 0.5) is 34.1 Å². The molecule has 10 rings (SSSR count). The number of para-hydroxylation sites is 2. The van der Waals surface area contributed by atoms with E-state index in [1.807, 2.05) is 0 Å². The Morgan fingerprint density at radius 1 is 0.259 bits per heavy atom. The van der Waals surface area contributed by atoms with Crippen molar-refractivity contribution in [1.82, 2.24) is 0 Å². The Labute approximate surface area is 341 Å². The molecule has 0 aromatic heterocycles. The molecule has 58 heavy (non-hydrogen) atoms. The van der Waals surface area contributed by atoms with Crippen LogP contribution in [0.5, 0.6) is 0 Å². The Bertz CT molecular complexity index is 2870. The van der Waals surface area contributed by atoms with Gasteiger partial charge in [0.1, 0.15) is 0 Å². The van der Waals surface area contributed by atoms with Gasteiger partial charge in [-0.2, -0.15) is 0 Å². The van der Waals surface area contributed by atoms with Crippen molar-refractivity contribution in [3.8, 4) is 22.3 Å². The first-order valence-electron chi connectivity index (χ1n) is 20.2. The summed E-state index contributed by atoms with van der Waals surface area (Å²) in [6.07, 6.45) is 0. The lowest BCUT2D eigenvalue weighted by atomic mass is 9.88. The predicted octanol–water partition coefficient (Wildman–Crippen LogP) is 16.1. The van der Waals surface area contributed by atoms with Gasteiger partial charge in [-0.1, -0.05) is 133 Å². The molecule has 0 fully saturated rings. The molecule has 2 nitrogen and oxygen atoms in total. The Balaban J connectivity index is 1.21. The van der Waals surface area contributed by atoms with Gasteiger partial charge in [-0.05, 0) is 154 Å². The van der Waals surface area contributed by atoms with Gasteiger partial charge in [0.15, 0.2) is 0 Å². The topological polar surface area (TPSA) is 6.48 Å².